The molecule has 0 unspecified atom stereocenters. The van der Waals surface area contributed by atoms with Gasteiger partial charge in [0.2, 0.25) is 0 Å². The van der Waals surface area contributed by atoms with E-state index in [1.165, 1.54) is 107 Å². The Hall–Kier alpha value is -0.630. The zero-order valence-corrected chi connectivity index (χ0v) is 19.3. The molecule has 2 heteroatoms. The quantitative estimate of drug-likeness (QED) is 0.231. The van der Waals surface area contributed by atoms with Gasteiger partial charge in [0.25, 0.3) is 0 Å². The minimum Gasteiger partial charge on any atom is -0.378 e. The van der Waals surface area contributed by atoms with Gasteiger partial charge in [-0.25, -0.2) is 0 Å². The number of nitrogens with zero attached hydrogens (tertiary/aromatic N) is 1. The summed E-state index contributed by atoms with van der Waals surface area (Å²) in [6.07, 6.45) is 20.2. The predicted molar refractivity (Wildman–Crippen MR) is 127 cm³/mol. The van der Waals surface area contributed by atoms with Crippen molar-refractivity contribution in [3.8, 4) is 0 Å². The fourth-order valence-corrected chi connectivity index (χ4v) is 4.46. The molecule has 1 nitrogen and oxygen atoms in total. The van der Waals surface area contributed by atoms with E-state index in [4.69, 9.17) is 0 Å². The monoisotopic (exact) mass is 391 g/mol. The van der Waals surface area contributed by atoms with E-state index in [0.29, 0.717) is 0 Å². The predicted octanol–water partition coefficient (Wildman–Crippen LogP) is 8.47. The normalized spacial score (nSPS) is 11.1. The molecule has 27 heavy (non-hydrogen) atoms. The highest BCUT2D eigenvalue weighted by atomic mass is 32.2. The molecule has 0 aromatic heterocycles. The Bertz CT molecular complexity index is 426. The molecule has 0 aliphatic heterocycles. The molecule has 0 bridgehead atoms. The summed E-state index contributed by atoms with van der Waals surface area (Å²) in [5, 5.41) is 0. The van der Waals surface area contributed by atoms with E-state index < -0.39 is 0 Å². The molecular weight excluding hydrogens is 346 g/mol. The van der Waals surface area contributed by atoms with Gasteiger partial charge < -0.3 is 4.90 Å². The third-order valence-corrected chi connectivity index (χ3v) is 6.48. The van der Waals surface area contributed by atoms with Crippen LogP contribution in [0.4, 0.5) is 5.69 Å². The van der Waals surface area contributed by atoms with Crippen molar-refractivity contribution in [2.75, 3.05) is 24.7 Å². The SMILES string of the molecule is CCCCCCCCCCCCCCCCSCc1ccc(N(C)C)cc1. The molecule has 0 atom stereocenters. The fraction of sp³-hybridized carbons (Fsp3) is 0.760. The van der Waals surface area contributed by atoms with Crippen LogP contribution in [0.5, 0.6) is 0 Å². The maximum absolute atomic E-state index is 2.30. The maximum atomic E-state index is 2.30. The van der Waals surface area contributed by atoms with Crippen molar-refractivity contribution < 1.29 is 0 Å². The Labute approximate surface area is 174 Å². The Kier molecular flexibility index (Phi) is 15.8. The first-order chi connectivity index (χ1) is 13.2. The minimum atomic E-state index is 1.16. The van der Waals surface area contributed by atoms with Crippen molar-refractivity contribution in [1.29, 1.82) is 0 Å². The van der Waals surface area contributed by atoms with Crippen molar-refractivity contribution >= 4 is 17.4 Å². The summed E-state index contributed by atoms with van der Waals surface area (Å²) in [5.41, 5.74) is 2.74. The number of hydrogen-bond acceptors (Lipinski definition) is 2. The Morgan fingerprint density at radius 2 is 1.07 bits per heavy atom. The minimum absolute atomic E-state index is 1.16. The van der Waals surface area contributed by atoms with E-state index in [1.54, 1.807) is 0 Å². The van der Waals surface area contributed by atoms with Gasteiger partial charge in [0.05, 0.1) is 0 Å². The zero-order valence-electron chi connectivity index (χ0n) is 18.5. The second-order valence-corrected chi connectivity index (χ2v) is 9.31. The summed E-state index contributed by atoms with van der Waals surface area (Å²) < 4.78 is 0. The topological polar surface area (TPSA) is 3.24 Å². The summed E-state index contributed by atoms with van der Waals surface area (Å²) in [5.74, 6) is 2.47. The Morgan fingerprint density at radius 1 is 0.630 bits per heavy atom. The van der Waals surface area contributed by atoms with Crippen molar-refractivity contribution in [3.05, 3.63) is 29.8 Å². The number of thioether (sulfide) groups is 1. The zero-order chi connectivity index (χ0) is 19.6. The van der Waals surface area contributed by atoms with E-state index in [-0.39, 0.29) is 0 Å². The average Bonchev–Trinajstić information content (AvgIpc) is 2.68. The van der Waals surface area contributed by atoms with E-state index >= 15 is 0 Å². The number of hydrogen-bond donors (Lipinski definition) is 0. The van der Waals surface area contributed by atoms with Crippen LogP contribution in [0.3, 0.4) is 0 Å². The maximum Gasteiger partial charge on any atom is 0.0361 e. The number of rotatable bonds is 18. The van der Waals surface area contributed by atoms with Crippen molar-refractivity contribution in [3.63, 3.8) is 0 Å². The first-order valence-electron chi connectivity index (χ1n) is 11.6. The Morgan fingerprint density at radius 3 is 1.52 bits per heavy atom. The molecule has 0 amide bonds. The van der Waals surface area contributed by atoms with E-state index in [1.807, 2.05) is 0 Å². The van der Waals surface area contributed by atoms with Crippen LogP contribution in [0, 0.1) is 0 Å². The van der Waals surface area contributed by atoms with E-state index in [2.05, 4.69) is 61.9 Å². The molecule has 156 valence electrons. The molecule has 0 fully saturated rings. The number of anilines is 1. The fourth-order valence-electron chi connectivity index (χ4n) is 3.48. The summed E-state index contributed by atoms with van der Waals surface area (Å²) >= 11 is 2.09. The third-order valence-electron chi connectivity index (χ3n) is 5.36. The molecule has 0 spiro atoms. The lowest BCUT2D eigenvalue weighted by Gasteiger charge is -2.12. The second-order valence-electron chi connectivity index (χ2n) is 8.21. The summed E-state index contributed by atoms with van der Waals surface area (Å²) in [7, 11) is 4.19. The first-order valence-corrected chi connectivity index (χ1v) is 12.7. The van der Waals surface area contributed by atoms with Crippen LogP contribution in [-0.4, -0.2) is 19.8 Å². The van der Waals surface area contributed by atoms with Crippen molar-refractivity contribution in [1.82, 2.24) is 0 Å². The second kappa shape index (κ2) is 17.5. The molecule has 0 radical (unpaired) electrons. The molecule has 0 aliphatic rings. The van der Waals surface area contributed by atoms with Crippen LogP contribution >= 0.6 is 11.8 Å². The van der Waals surface area contributed by atoms with Crippen molar-refractivity contribution in [2.45, 2.75) is 103 Å². The number of unbranched alkanes of at least 4 members (excludes halogenated alkanes) is 13. The molecule has 0 heterocycles. The summed E-state index contributed by atoms with van der Waals surface area (Å²) in [6, 6.07) is 8.99. The molecule has 1 rings (SSSR count). The van der Waals surface area contributed by atoms with E-state index in [9.17, 15) is 0 Å². The lowest BCUT2D eigenvalue weighted by Crippen LogP contribution is -2.08. The molecule has 0 aliphatic carbocycles. The summed E-state index contributed by atoms with van der Waals surface area (Å²) in [4.78, 5) is 2.16. The standard InChI is InChI=1S/C25H45NS/c1-4-5-6-7-8-9-10-11-12-13-14-15-16-17-22-27-23-24-18-20-25(21-19-24)26(2)3/h18-21H,4-17,22-23H2,1-3H3. The van der Waals surface area contributed by atoms with Gasteiger partial charge in [-0.1, -0.05) is 103 Å². The van der Waals surface area contributed by atoms with Gasteiger partial charge in [-0.3, -0.25) is 0 Å². The highest BCUT2D eigenvalue weighted by molar-refractivity contribution is 7.98. The largest absolute Gasteiger partial charge is 0.378 e. The molecule has 0 saturated heterocycles. The van der Waals surface area contributed by atoms with Gasteiger partial charge in [-0.2, -0.15) is 11.8 Å². The molecule has 0 saturated carbocycles. The van der Waals surface area contributed by atoms with E-state index in [0.717, 1.165) is 5.75 Å². The molecular formula is C25H45NS. The first kappa shape index (κ1) is 24.4. The van der Waals surface area contributed by atoms with Gasteiger partial charge in [-0.05, 0) is 29.9 Å². The third kappa shape index (κ3) is 14.1. The molecule has 1 aromatic rings. The lowest BCUT2D eigenvalue weighted by atomic mass is 10.0. The van der Waals surface area contributed by atoms with Crippen LogP contribution in [0.2, 0.25) is 0 Å². The molecule has 1 aromatic carbocycles. The molecule has 0 N–H and O–H groups in total. The van der Waals surface area contributed by atoms with Gasteiger partial charge in [0.15, 0.2) is 0 Å². The highest BCUT2D eigenvalue weighted by Crippen LogP contribution is 2.19. The van der Waals surface area contributed by atoms with Crippen molar-refractivity contribution in [2.24, 2.45) is 0 Å². The number of benzene rings is 1. The van der Waals surface area contributed by atoms with Gasteiger partial charge >= 0.3 is 0 Å². The van der Waals surface area contributed by atoms with Crippen LogP contribution in [0.1, 0.15) is 102 Å². The highest BCUT2D eigenvalue weighted by Gasteiger charge is 1.98. The van der Waals surface area contributed by atoms with Gasteiger partial charge in [0, 0.05) is 25.5 Å². The lowest BCUT2D eigenvalue weighted by molar-refractivity contribution is 0.538. The smallest absolute Gasteiger partial charge is 0.0361 e. The van der Waals surface area contributed by atoms with Crippen LogP contribution in [-0.2, 0) is 5.75 Å². The van der Waals surface area contributed by atoms with Crippen LogP contribution in [0.15, 0.2) is 24.3 Å². The van der Waals surface area contributed by atoms with Gasteiger partial charge in [0.1, 0.15) is 0 Å². The summed E-state index contributed by atoms with van der Waals surface area (Å²) in [6.45, 7) is 2.30. The van der Waals surface area contributed by atoms with Crippen LogP contribution in [0.25, 0.3) is 0 Å². The average molecular weight is 392 g/mol. The van der Waals surface area contributed by atoms with Crippen LogP contribution < -0.4 is 4.90 Å². The van der Waals surface area contributed by atoms with Gasteiger partial charge in [-0.15, -0.1) is 0 Å². The Balaban J connectivity index is 1.80.